The van der Waals surface area contributed by atoms with Crippen molar-refractivity contribution in [3.05, 3.63) is 51.6 Å². The highest BCUT2D eigenvalue weighted by atomic mass is 31.0. The van der Waals surface area contributed by atoms with E-state index in [0.717, 1.165) is 28.6 Å². The molecule has 3 aromatic heterocycles. The summed E-state index contributed by atoms with van der Waals surface area (Å²) in [7, 11) is 6.95. The maximum atomic E-state index is 2.44. The quantitative estimate of drug-likeness (QED) is 0.361. The van der Waals surface area contributed by atoms with E-state index >= 15 is 0 Å². The Morgan fingerprint density at radius 2 is 0.593 bits per heavy atom. The first-order chi connectivity index (χ1) is 12.8. The first kappa shape index (κ1) is 19.9. The van der Waals surface area contributed by atoms with E-state index in [9.17, 15) is 0 Å². The van der Waals surface area contributed by atoms with Gasteiger partial charge in [0.25, 0.3) is 0 Å². The zero-order valence-corrected chi connectivity index (χ0v) is 22.3. The largest absolute Gasteiger partial charge is 0.135 e. The molecule has 0 unspecified atom stereocenters. The lowest BCUT2D eigenvalue weighted by molar-refractivity contribution is 1.46. The van der Waals surface area contributed by atoms with Crippen LogP contribution < -0.4 is 29.5 Å². The van der Waals surface area contributed by atoms with Gasteiger partial charge in [-0.1, -0.05) is 42.8 Å². The summed E-state index contributed by atoms with van der Waals surface area (Å²) in [6.07, 6.45) is 0. The van der Waals surface area contributed by atoms with Gasteiger partial charge in [0.05, 0.1) is 0 Å². The Morgan fingerprint density at radius 3 is 0.778 bits per heavy atom. The molecule has 0 aromatic carbocycles. The van der Waals surface area contributed by atoms with Gasteiger partial charge in [-0.05, 0) is 104 Å². The van der Waals surface area contributed by atoms with Gasteiger partial charge < -0.3 is 0 Å². The zero-order chi connectivity index (χ0) is 19.3. The number of aryl methyl sites for hydroxylation is 6. The third kappa shape index (κ3) is 4.01. The smallest absolute Gasteiger partial charge is 0.0781 e. The normalized spacial score (nSPS) is 14.0. The fourth-order valence-electron chi connectivity index (χ4n) is 3.34. The van der Waals surface area contributed by atoms with Crippen LogP contribution in [0.4, 0.5) is 0 Å². The van der Waals surface area contributed by atoms with E-state index in [1.54, 1.807) is 29.5 Å². The third-order valence-corrected chi connectivity index (χ3v) is 16.2. The van der Waals surface area contributed by atoms with E-state index in [4.69, 9.17) is 0 Å². The lowest BCUT2D eigenvalue weighted by Gasteiger charge is -2.17. The summed E-state index contributed by atoms with van der Waals surface area (Å²) in [5.74, 6) is 0. The summed E-state index contributed by atoms with van der Waals surface area (Å²) < 4.78 is 0. The van der Waals surface area contributed by atoms with Crippen LogP contribution in [0.1, 0.15) is 33.4 Å². The molecule has 4 rings (SSSR count). The summed E-state index contributed by atoms with van der Waals surface area (Å²) >= 11 is 0. The number of fused-ring (bicyclic) bond motifs is 6. The Balaban J connectivity index is 2.00. The topological polar surface area (TPSA) is 0 Å². The predicted octanol–water partition coefficient (Wildman–Crippen LogP) is 2.56. The van der Waals surface area contributed by atoms with Crippen molar-refractivity contribution in [3.63, 3.8) is 0 Å². The fraction of sp³-hybridized carbons (Fsp3) is 0.286. The molecule has 6 radical (unpaired) electrons. The van der Waals surface area contributed by atoms with E-state index in [-0.39, 0.29) is 0 Å². The second-order valence-electron chi connectivity index (χ2n) is 7.33. The molecule has 3 aromatic rings. The zero-order valence-electron chi connectivity index (χ0n) is 16.6. The number of rotatable bonds is 0. The van der Waals surface area contributed by atoms with Crippen molar-refractivity contribution in [1.82, 2.24) is 0 Å². The first-order valence-corrected chi connectivity index (χ1v) is 14.8. The highest BCUT2D eigenvalue weighted by Crippen LogP contribution is 2.15. The second-order valence-corrected chi connectivity index (χ2v) is 17.0. The average Bonchev–Trinajstić information content (AvgIpc) is 2.58. The van der Waals surface area contributed by atoms with Crippen molar-refractivity contribution in [2.45, 2.75) is 41.5 Å². The molecule has 0 atom stereocenters. The molecule has 0 aliphatic carbocycles. The Morgan fingerprint density at radius 1 is 0.407 bits per heavy atom. The summed E-state index contributed by atoms with van der Waals surface area (Å²) in [5.41, 5.74) is 8.99. The van der Waals surface area contributed by atoms with E-state index in [1.807, 2.05) is 0 Å². The fourth-order valence-corrected chi connectivity index (χ4v) is 14.9. The maximum Gasteiger partial charge on any atom is 0.135 e. The van der Waals surface area contributed by atoms with Gasteiger partial charge in [-0.3, -0.25) is 0 Å². The predicted molar refractivity (Wildman–Crippen MR) is 130 cm³/mol. The van der Waals surface area contributed by atoms with Crippen molar-refractivity contribution in [2.75, 3.05) is 0 Å². The van der Waals surface area contributed by atoms with Gasteiger partial charge >= 0.3 is 0 Å². The summed E-state index contributed by atoms with van der Waals surface area (Å²) in [4.78, 5) is 9.85. The van der Waals surface area contributed by atoms with Crippen LogP contribution in [-0.4, -0.2) is 28.6 Å². The summed E-state index contributed by atoms with van der Waals surface area (Å²) in [5, 5.41) is 0. The molecule has 0 saturated carbocycles. The summed E-state index contributed by atoms with van der Waals surface area (Å²) in [6, 6.07) is 7.33. The molecule has 0 amide bonds. The Bertz CT molecular complexity index is 871. The second kappa shape index (κ2) is 7.79. The molecule has 6 heteroatoms. The molecule has 27 heavy (non-hydrogen) atoms. The van der Waals surface area contributed by atoms with Crippen LogP contribution in [0.2, 0.25) is 0 Å². The van der Waals surface area contributed by atoms with Crippen molar-refractivity contribution in [2.24, 2.45) is 0 Å². The number of hydrogen-bond donors (Lipinski definition) is 0. The van der Waals surface area contributed by atoms with Gasteiger partial charge in [0.2, 0.25) is 0 Å². The van der Waals surface area contributed by atoms with E-state index in [0.29, 0.717) is 0 Å². The third-order valence-electron chi connectivity index (χ3n) is 4.92. The van der Waals surface area contributed by atoms with Crippen LogP contribution in [0.5, 0.6) is 0 Å². The monoisotopic (exact) mass is 450 g/mol. The van der Waals surface area contributed by atoms with Crippen LogP contribution >= 0.6 is 24.6 Å². The Labute approximate surface area is 175 Å². The van der Waals surface area contributed by atoms with Crippen LogP contribution in [0.15, 0.2) is 18.2 Å². The highest BCUT2D eigenvalue weighted by molar-refractivity contribution is 7.54. The van der Waals surface area contributed by atoms with Crippen LogP contribution in [-0.2, 0) is 0 Å². The molecular weight excluding hydrogens is 429 g/mol. The Hall–Kier alpha value is -0.399. The van der Waals surface area contributed by atoms with Crippen LogP contribution in [0.3, 0.4) is 0 Å². The molecule has 1 aliphatic rings. The minimum Gasteiger partial charge on any atom is -0.0781 e. The molecule has 132 valence electrons. The van der Waals surface area contributed by atoms with Gasteiger partial charge in [0, 0.05) is 0 Å². The molecular formula is C21H21P3Si3. The standard InChI is InChI=1S/C21H21P3Si3/c1-10-7-11(2)17-22-16(10)25-18-12(3)8-13(4)19(23-18)27-21-15(6)9-14(5)20(24-21)26-17/h7-9H,1-6H3. The van der Waals surface area contributed by atoms with Crippen molar-refractivity contribution < 1.29 is 0 Å². The lowest BCUT2D eigenvalue weighted by Crippen LogP contribution is -2.38. The molecule has 0 fully saturated rings. The van der Waals surface area contributed by atoms with Crippen molar-refractivity contribution >= 4 is 82.6 Å². The van der Waals surface area contributed by atoms with E-state index in [2.05, 4.69) is 59.7 Å². The van der Waals surface area contributed by atoms with E-state index < -0.39 is 0 Å². The molecule has 0 spiro atoms. The molecule has 1 aliphatic heterocycles. The maximum absolute atomic E-state index is 2.44. The van der Waals surface area contributed by atoms with Crippen LogP contribution in [0, 0.1) is 41.5 Å². The lowest BCUT2D eigenvalue weighted by atomic mass is 10.3. The Kier molecular flexibility index (Phi) is 5.74. The van der Waals surface area contributed by atoms with Gasteiger partial charge in [0.1, 0.15) is 28.6 Å². The van der Waals surface area contributed by atoms with Gasteiger partial charge in [-0.25, -0.2) is 0 Å². The van der Waals surface area contributed by atoms with E-state index in [1.165, 1.54) is 58.0 Å². The number of hydrogen-bond acceptors (Lipinski definition) is 0. The van der Waals surface area contributed by atoms with Gasteiger partial charge in [-0.2, -0.15) is 0 Å². The molecule has 0 saturated heterocycles. The highest BCUT2D eigenvalue weighted by Gasteiger charge is 2.17. The van der Waals surface area contributed by atoms with Crippen molar-refractivity contribution in [3.8, 4) is 0 Å². The molecule has 4 heterocycles. The minimum absolute atomic E-state index is 0.835. The van der Waals surface area contributed by atoms with Crippen molar-refractivity contribution in [1.29, 1.82) is 0 Å². The van der Waals surface area contributed by atoms with Crippen LogP contribution in [0.25, 0.3) is 0 Å². The molecule has 0 nitrogen and oxygen atoms in total. The van der Waals surface area contributed by atoms with Gasteiger partial charge in [-0.15, -0.1) is 0 Å². The van der Waals surface area contributed by atoms with Gasteiger partial charge in [0.15, 0.2) is 0 Å². The summed E-state index contributed by atoms with van der Waals surface area (Å²) in [6.45, 7) is 13.9. The first-order valence-electron chi connectivity index (χ1n) is 9.07. The molecule has 6 bridgehead atoms. The minimum atomic E-state index is 0.835. The SMILES string of the molecule is Cc1cc(C)c2pc1[Si]c1pc(c(C)cc1C)[Si]c1pc(c(C)cc1C)[Si]2. The molecule has 0 N–H and O–H groups in total. The average molecular weight is 451 g/mol.